The van der Waals surface area contributed by atoms with E-state index in [1.54, 1.807) is 0 Å². The van der Waals surface area contributed by atoms with E-state index >= 15 is 0 Å². The Kier molecular flexibility index (Phi) is 4.38. The molecule has 0 radical (unpaired) electrons. The van der Waals surface area contributed by atoms with Crippen LogP contribution in [0.4, 0.5) is 14.0 Å². The molecule has 0 saturated carbocycles. The van der Waals surface area contributed by atoms with Crippen molar-refractivity contribution in [1.82, 2.24) is 0 Å². The SMILES string of the molecule is O=C(Nc1ccccc1S(=O)(=O)F)c1c(F)cccc1Br. The molecule has 0 atom stereocenters. The molecular weight excluding hydrogens is 368 g/mol. The van der Waals surface area contributed by atoms with Crippen LogP contribution in [-0.4, -0.2) is 14.3 Å². The molecule has 8 heteroatoms. The zero-order valence-corrected chi connectivity index (χ0v) is 12.7. The molecule has 0 aliphatic heterocycles. The number of benzene rings is 2. The highest BCUT2D eigenvalue weighted by molar-refractivity contribution is 9.10. The van der Waals surface area contributed by atoms with E-state index in [1.807, 2.05) is 0 Å². The second-order valence-corrected chi connectivity index (χ2v) is 6.15. The third-order valence-electron chi connectivity index (χ3n) is 2.59. The van der Waals surface area contributed by atoms with Crippen molar-refractivity contribution < 1.29 is 21.5 Å². The molecule has 0 aromatic heterocycles. The average Bonchev–Trinajstić information content (AvgIpc) is 2.37. The van der Waals surface area contributed by atoms with Gasteiger partial charge in [-0.3, -0.25) is 4.79 Å². The molecule has 0 bridgehead atoms. The highest BCUT2D eigenvalue weighted by Crippen LogP contribution is 2.25. The van der Waals surface area contributed by atoms with Gasteiger partial charge in [-0.2, -0.15) is 8.42 Å². The van der Waals surface area contributed by atoms with Crippen molar-refractivity contribution in [2.75, 3.05) is 5.32 Å². The second-order valence-electron chi connectivity index (χ2n) is 3.98. The lowest BCUT2D eigenvalue weighted by molar-refractivity contribution is 0.102. The fraction of sp³-hybridized carbons (Fsp3) is 0. The topological polar surface area (TPSA) is 63.2 Å². The monoisotopic (exact) mass is 375 g/mol. The molecule has 0 aliphatic rings. The maximum absolute atomic E-state index is 13.7. The van der Waals surface area contributed by atoms with Crippen LogP contribution < -0.4 is 5.32 Å². The Morgan fingerprint density at radius 1 is 1.10 bits per heavy atom. The van der Waals surface area contributed by atoms with Gasteiger partial charge in [0.15, 0.2) is 0 Å². The van der Waals surface area contributed by atoms with Gasteiger partial charge in [0.05, 0.1) is 11.3 Å². The number of amides is 1. The molecule has 1 amide bonds. The van der Waals surface area contributed by atoms with Crippen molar-refractivity contribution in [3.63, 3.8) is 0 Å². The minimum absolute atomic E-state index is 0.195. The third-order valence-corrected chi connectivity index (χ3v) is 4.13. The van der Waals surface area contributed by atoms with Gasteiger partial charge in [-0.25, -0.2) is 4.39 Å². The molecule has 110 valence electrons. The molecule has 2 aromatic carbocycles. The van der Waals surface area contributed by atoms with Crippen LogP contribution in [0.15, 0.2) is 51.8 Å². The maximum atomic E-state index is 13.7. The number of halogens is 3. The molecule has 1 N–H and O–H groups in total. The van der Waals surface area contributed by atoms with Crippen molar-refractivity contribution in [2.24, 2.45) is 0 Å². The zero-order chi connectivity index (χ0) is 15.6. The first-order valence-electron chi connectivity index (χ1n) is 5.60. The van der Waals surface area contributed by atoms with Crippen molar-refractivity contribution in [2.45, 2.75) is 4.90 Å². The molecule has 2 rings (SSSR count). The molecule has 21 heavy (non-hydrogen) atoms. The van der Waals surface area contributed by atoms with E-state index in [4.69, 9.17) is 0 Å². The standard InChI is InChI=1S/C13H8BrF2NO3S/c14-8-4-3-5-9(15)12(8)13(18)17-10-6-1-2-7-11(10)21(16,19)20/h1-7H,(H,17,18). The number of para-hydroxylation sites is 1. The summed E-state index contributed by atoms with van der Waals surface area (Å²) in [6.07, 6.45) is 0. The van der Waals surface area contributed by atoms with Gasteiger partial charge in [0.1, 0.15) is 10.7 Å². The van der Waals surface area contributed by atoms with Gasteiger partial charge in [0, 0.05) is 4.47 Å². The zero-order valence-electron chi connectivity index (χ0n) is 10.3. The first-order valence-corrected chi connectivity index (χ1v) is 7.77. The molecule has 0 heterocycles. The second kappa shape index (κ2) is 5.90. The van der Waals surface area contributed by atoms with Gasteiger partial charge >= 0.3 is 10.2 Å². The Bertz CT molecular complexity index is 789. The molecule has 4 nitrogen and oxygen atoms in total. The molecule has 0 fully saturated rings. The first-order chi connectivity index (χ1) is 9.80. The van der Waals surface area contributed by atoms with E-state index in [0.29, 0.717) is 0 Å². The van der Waals surface area contributed by atoms with Crippen molar-refractivity contribution in [1.29, 1.82) is 0 Å². The van der Waals surface area contributed by atoms with Gasteiger partial charge in [0.25, 0.3) is 5.91 Å². The summed E-state index contributed by atoms with van der Waals surface area (Å²) in [5.74, 6) is -1.68. The average molecular weight is 376 g/mol. The summed E-state index contributed by atoms with van der Waals surface area (Å²) < 4.78 is 49.0. The fourth-order valence-electron chi connectivity index (χ4n) is 1.68. The smallest absolute Gasteiger partial charge is 0.321 e. The van der Waals surface area contributed by atoms with Crippen molar-refractivity contribution in [3.8, 4) is 0 Å². The lowest BCUT2D eigenvalue weighted by Crippen LogP contribution is -2.16. The summed E-state index contributed by atoms with van der Waals surface area (Å²) >= 11 is 3.03. The van der Waals surface area contributed by atoms with E-state index < -0.39 is 26.8 Å². The predicted octanol–water partition coefficient (Wildman–Crippen LogP) is 3.50. The summed E-state index contributed by atoms with van der Waals surface area (Å²) in [6.45, 7) is 0. The lowest BCUT2D eigenvalue weighted by atomic mass is 10.2. The highest BCUT2D eigenvalue weighted by Gasteiger charge is 2.21. The van der Waals surface area contributed by atoms with E-state index in [-0.39, 0.29) is 15.7 Å². The molecule has 2 aromatic rings. The number of carbonyl (C=O) groups is 1. The van der Waals surface area contributed by atoms with Crippen molar-refractivity contribution >= 4 is 37.7 Å². The Labute approximate surface area is 128 Å². The number of rotatable bonds is 3. The summed E-state index contributed by atoms with van der Waals surface area (Å²) in [5, 5.41) is 2.19. The molecular formula is C13H8BrF2NO3S. The van der Waals surface area contributed by atoms with Gasteiger partial charge in [-0.05, 0) is 40.2 Å². The number of anilines is 1. The quantitative estimate of drug-likeness (QED) is 0.835. The summed E-state index contributed by atoms with van der Waals surface area (Å²) in [6, 6.07) is 8.87. The van der Waals surface area contributed by atoms with Gasteiger partial charge < -0.3 is 5.32 Å². The Morgan fingerprint density at radius 2 is 1.76 bits per heavy atom. The molecule has 0 aliphatic carbocycles. The van der Waals surface area contributed by atoms with Gasteiger partial charge in [0.2, 0.25) is 0 Å². The van der Waals surface area contributed by atoms with E-state index in [0.717, 1.165) is 12.1 Å². The number of hydrogen-bond acceptors (Lipinski definition) is 3. The van der Waals surface area contributed by atoms with Crippen LogP contribution in [0.3, 0.4) is 0 Å². The summed E-state index contributed by atoms with van der Waals surface area (Å²) in [5.41, 5.74) is -0.566. The minimum Gasteiger partial charge on any atom is -0.321 e. The third kappa shape index (κ3) is 3.45. The lowest BCUT2D eigenvalue weighted by Gasteiger charge is -2.10. The first kappa shape index (κ1) is 15.6. The summed E-state index contributed by atoms with van der Waals surface area (Å²) in [4.78, 5) is 11.3. The van der Waals surface area contributed by atoms with E-state index in [1.165, 1.54) is 30.3 Å². The Hall–Kier alpha value is -1.80. The molecule has 0 unspecified atom stereocenters. The van der Waals surface area contributed by atoms with E-state index in [9.17, 15) is 21.5 Å². The predicted molar refractivity (Wildman–Crippen MR) is 76.8 cm³/mol. The van der Waals surface area contributed by atoms with Crippen LogP contribution in [0.2, 0.25) is 0 Å². The highest BCUT2D eigenvalue weighted by atomic mass is 79.9. The fourth-order valence-corrected chi connectivity index (χ4v) is 2.83. The van der Waals surface area contributed by atoms with Crippen LogP contribution in [0.25, 0.3) is 0 Å². The maximum Gasteiger partial charge on any atom is 0.334 e. The number of nitrogens with one attached hydrogen (secondary N) is 1. The van der Waals surface area contributed by atoms with Crippen LogP contribution in [0.1, 0.15) is 10.4 Å². The van der Waals surface area contributed by atoms with Gasteiger partial charge in [-0.15, -0.1) is 3.89 Å². The van der Waals surface area contributed by atoms with Crippen molar-refractivity contribution in [3.05, 3.63) is 58.3 Å². The largest absolute Gasteiger partial charge is 0.334 e. The minimum atomic E-state index is -5.00. The summed E-state index contributed by atoms with van der Waals surface area (Å²) in [7, 11) is -5.00. The normalized spacial score (nSPS) is 11.2. The number of carbonyl (C=O) groups excluding carboxylic acids is 1. The van der Waals surface area contributed by atoms with Crippen LogP contribution in [0.5, 0.6) is 0 Å². The van der Waals surface area contributed by atoms with Crippen LogP contribution in [-0.2, 0) is 10.2 Å². The Morgan fingerprint density at radius 3 is 2.38 bits per heavy atom. The van der Waals surface area contributed by atoms with Gasteiger partial charge in [-0.1, -0.05) is 18.2 Å². The van der Waals surface area contributed by atoms with Crippen LogP contribution >= 0.6 is 15.9 Å². The molecule has 0 saturated heterocycles. The Balaban J connectivity index is 2.42. The van der Waals surface area contributed by atoms with Crippen LogP contribution in [0, 0.1) is 5.82 Å². The molecule has 0 spiro atoms. The van der Waals surface area contributed by atoms with E-state index in [2.05, 4.69) is 21.2 Å². The number of hydrogen-bond donors (Lipinski definition) is 1.